The fraction of sp³-hybridized carbons (Fsp3) is 0.647. The second kappa shape index (κ2) is 5.96. The molecule has 2 heteroatoms. The Morgan fingerprint density at radius 2 is 2.11 bits per heavy atom. The highest BCUT2D eigenvalue weighted by Crippen LogP contribution is 2.32. The SMILES string of the molecule is CCc1ccc(OCC2CCCN2)c(C(C)(C)C)c1. The van der Waals surface area contributed by atoms with Crippen LogP contribution in [0.1, 0.15) is 51.7 Å². The molecule has 0 aliphatic carbocycles. The molecule has 2 nitrogen and oxygen atoms in total. The minimum Gasteiger partial charge on any atom is -0.492 e. The number of ether oxygens (including phenoxy) is 1. The summed E-state index contributed by atoms with van der Waals surface area (Å²) in [6.07, 6.45) is 3.58. The van der Waals surface area contributed by atoms with Gasteiger partial charge in [-0.05, 0) is 48.4 Å². The number of hydrogen-bond acceptors (Lipinski definition) is 2. The smallest absolute Gasteiger partial charge is 0.123 e. The van der Waals surface area contributed by atoms with Gasteiger partial charge in [0.15, 0.2) is 0 Å². The molecule has 0 aromatic heterocycles. The van der Waals surface area contributed by atoms with Gasteiger partial charge in [0, 0.05) is 6.04 Å². The molecular weight excluding hydrogens is 234 g/mol. The quantitative estimate of drug-likeness (QED) is 0.892. The van der Waals surface area contributed by atoms with Crippen molar-refractivity contribution in [1.82, 2.24) is 5.32 Å². The molecule has 0 saturated carbocycles. The predicted molar refractivity (Wildman–Crippen MR) is 81.0 cm³/mol. The summed E-state index contributed by atoms with van der Waals surface area (Å²) in [5, 5.41) is 3.48. The van der Waals surface area contributed by atoms with Crippen molar-refractivity contribution in [1.29, 1.82) is 0 Å². The number of aryl methyl sites for hydroxylation is 1. The van der Waals surface area contributed by atoms with Gasteiger partial charge in [0.2, 0.25) is 0 Å². The van der Waals surface area contributed by atoms with Crippen molar-refractivity contribution >= 4 is 0 Å². The van der Waals surface area contributed by atoms with Crippen LogP contribution in [0.4, 0.5) is 0 Å². The van der Waals surface area contributed by atoms with Crippen molar-refractivity contribution in [2.45, 2.75) is 58.4 Å². The first kappa shape index (κ1) is 14.4. The van der Waals surface area contributed by atoms with Gasteiger partial charge in [-0.2, -0.15) is 0 Å². The summed E-state index contributed by atoms with van der Waals surface area (Å²) in [4.78, 5) is 0. The summed E-state index contributed by atoms with van der Waals surface area (Å²) >= 11 is 0. The van der Waals surface area contributed by atoms with Gasteiger partial charge < -0.3 is 10.1 Å². The summed E-state index contributed by atoms with van der Waals surface area (Å²) < 4.78 is 6.08. The third-order valence-corrected chi connectivity index (χ3v) is 3.86. The van der Waals surface area contributed by atoms with E-state index in [4.69, 9.17) is 4.74 Å². The first-order chi connectivity index (χ1) is 9.00. The predicted octanol–water partition coefficient (Wildman–Crippen LogP) is 3.68. The summed E-state index contributed by atoms with van der Waals surface area (Å²) in [5.41, 5.74) is 2.84. The highest BCUT2D eigenvalue weighted by atomic mass is 16.5. The zero-order valence-corrected chi connectivity index (χ0v) is 12.8. The van der Waals surface area contributed by atoms with Crippen molar-refractivity contribution < 1.29 is 4.74 Å². The maximum atomic E-state index is 6.08. The molecule has 19 heavy (non-hydrogen) atoms. The van der Waals surface area contributed by atoms with E-state index in [9.17, 15) is 0 Å². The van der Waals surface area contributed by atoms with Crippen molar-refractivity contribution in [3.63, 3.8) is 0 Å². The van der Waals surface area contributed by atoms with Gasteiger partial charge in [-0.25, -0.2) is 0 Å². The average Bonchev–Trinajstić information content (AvgIpc) is 2.88. The van der Waals surface area contributed by atoms with Crippen LogP contribution in [0.3, 0.4) is 0 Å². The molecule has 1 saturated heterocycles. The first-order valence-corrected chi connectivity index (χ1v) is 7.50. The van der Waals surface area contributed by atoms with Gasteiger partial charge in [-0.3, -0.25) is 0 Å². The lowest BCUT2D eigenvalue weighted by Crippen LogP contribution is -2.28. The maximum Gasteiger partial charge on any atom is 0.123 e. The van der Waals surface area contributed by atoms with Crippen molar-refractivity contribution in [2.75, 3.05) is 13.2 Å². The molecule has 1 aliphatic heterocycles. The van der Waals surface area contributed by atoms with Crippen LogP contribution in [-0.4, -0.2) is 19.2 Å². The number of nitrogens with one attached hydrogen (secondary N) is 1. The van der Waals surface area contributed by atoms with E-state index in [2.05, 4.69) is 51.2 Å². The zero-order valence-electron chi connectivity index (χ0n) is 12.8. The molecule has 1 aromatic rings. The second-order valence-electron chi connectivity index (χ2n) is 6.54. The van der Waals surface area contributed by atoms with E-state index in [0.29, 0.717) is 6.04 Å². The first-order valence-electron chi connectivity index (χ1n) is 7.50. The van der Waals surface area contributed by atoms with E-state index in [1.807, 2.05) is 0 Å². The molecule has 1 atom stereocenters. The average molecular weight is 261 g/mol. The van der Waals surface area contributed by atoms with Gasteiger partial charge in [0.25, 0.3) is 0 Å². The summed E-state index contributed by atoms with van der Waals surface area (Å²) in [6.45, 7) is 10.9. The fourth-order valence-corrected chi connectivity index (χ4v) is 2.60. The molecule has 1 unspecified atom stereocenters. The van der Waals surface area contributed by atoms with Gasteiger partial charge in [-0.15, -0.1) is 0 Å². The highest BCUT2D eigenvalue weighted by molar-refractivity contribution is 5.41. The van der Waals surface area contributed by atoms with Gasteiger partial charge >= 0.3 is 0 Å². The highest BCUT2D eigenvalue weighted by Gasteiger charge is 2.21. The Morgan fingerprint density at radius 1 is 1.32 bits per heavy atom. The van der Waals surface area contributed by atoms with E-state index in [1.54, 1.807) is 0 Å². The Morgan fingerprint density at radius 3 is 2.68 bits per heavy atom. The van der Waals surface area contributed by atoms with Crippen LogP contribution < -0.4 is 10.1 Å². The molecule has 0 radical (unpaired) electrons. The third-order valence-electron chi connectivity index (χ3n) is 3.86. The van der Waals surface area contributed by atoms with Gasteiger partial charge in [-0.1, -0.05) is 39.8 Å². The van der Waals surface area contributed by atoms with Crippen molar-refractivity contribution in [3.05, 3.63) is 29.3 Å². The number of benzene rings is 1. The molecule has 2 rings (SSSR count). The monoisotopic (exact) mass is 261 g/mol. The van der Waals surface area contributed by atoms with Crippen LogP contribution in [0.2, 0.25) is 0 Å². The molecule has 106 valence electrons. The van der Waals surface area contributed by atoms with Gasteiger partial charge in [0.05, 0.1) is 0 Å². The van der Waals surface area contributed by atoms with Crippen LogP contribution in [0.15, 0.2) is 18.2 Å². The Balaban J connectivity index is 2.13. The molecule has 1 heterocycles. The minimum absolute atomic E-state index is 0.129. The van der Waals surface area contributed by atoms with Crippen LogP contribution in [0.25, 0.3) is 0 Å². The second-order valence-corrected chi connectivity index (χ2v) is 6.54. The lowest BCUT2D eigenvalue weighted by atomic mass is 9.85. The Hall–Kier alpha value is -1.02. The van der Waals surface area contributed by atoms with E-state index < -0.39 is 0 Å². The van der Waals surface area contributed by atoms with Crippen molar-refractivity contribution in [2.24, 2.45) is 0 Å². The zero-order chi connectivity index (χ0) is 13.9. The molecule has 1 N–H and O–H groups in total. The van der Waals surface area contributed by atoms with E-state index >= 15 is 0 Å². The molecule has 1 aliphatic rings. The number of rotatable bonds is 4. The maximum absolute atomic E-state index is 6.08. The van der Waals surface area contributed by atoms with E-state index in [0.717, 1.165) is 25.3 Å². The van der Waals surface area contributed by atoms with Gasteiger partial charge in [0.1, 0.15) is 12.4 Å². The van der Waals surface area contributed by atoms with Crippen LogP contribution in [0.5, 0.6) is 5.75 Å². The van der Waals surface area contributed by atoms with Crippen LogP contribution >= 0.6 is 0 Å². The van der Waals surface area contributed by atoms with E-state index in [-0.39, 0.29) is 5.41 Å². The molecule has 1 fully saturated rings. The van der Waals surface area contributed by atoms with Crippen molar-refractivity contribution in [3.8, 4) is 5.75 Å². The van der Waals surface area contributed by atoms with E-state index in [1.165, 1.54) is 24.0 Å². The topological polar surface area (TPSA) is 21.3 Å². The molecule has 0 bridgehead atoms. The Labute approximate surface area is 117 Å². The largest absolute Gasteiger partial charge is 0.492 e. The minimum atomic E-state index is 0.129. The van der Waals surface area contributed by atoms with Crippen LogP contribution in [0, 0.1) is 0 Å². The lowest BCUT2D eigenvalue weighted by Gasteiger charge is -2.24. The Bertz CT molecular complexity index is 414. The summed E-state index contributed by atoms with van der Waals surface area (Å²) in [6, 6.07) is 7.16. The third kappa shape index (κ3) is 3.73. The normalized spacial score (nSPS) is 19.7. The number of hydrogen-bond donors (Lipinski definition) is 1. The summed E-state index contributed by atoms with van der Waals surface area (Å²) in [5.74, 6) is 1.05. The van der Waals surface area contributed by atoms with Crippen LogP contribution in [-0.2, 0) is 11.8 Å². The fourth-order valence-electron chi connectivity index (χ4n) is 2.60. The summed E-state index contributed by atoms with van der Waals surface area (Å²) in [7, 11) is 0. The molecule has 1 aromatic carbocycles. The Kier molecular flexibility index (Phi) is 4.51. The molecule has 0 spiro atoms. The standard InChI is InChI=1S/C17H27NO/c1-5-13-8-9-16(15(11-13)17(2,3)4)19-12-14-7-6-10-18-14/h8-9,11,14,18H,5-7,10,12H2,1-4H3. The molecular formula is C17H27NO. The molecule has 0 amide bonds. The lowest BCUT2D eigenvalue weighted by molar-refractivity contribution is 0.271.